The molecule has 0 saturated heterocycles. The summed E-state index contributed by atoms with van der Waals surface area (Å²) < 4.78 is 0. The Morgan fingerprint density at radius 3 is 2.69 bits per heavy atom. The molecule has 13 heavy (non-hydrogen) atoms. The molecule has 4 N–H and O–H groups in total. The lowest BCUT2D eigenvalue weighted by molar-refractivity contribution is 0.716. The van der Waals surface area contributed by atoms with E-state index in [2.05, 4.69) is 4.98 Å². The van der Waals surface area contributed by atoms with Crippen LogP contribution in [0.25, 0.3) is 0 Å². The summed E-state index contributed by atoms with van der Waals surface area (Å²) in [5.41, 5.74) is 13.2. The summed E-state index contributed by atoms with van der Waals surface area (Å²) in [5, 5.41) is 0. The predicted octanol–water partition coefficient (Wildman–Crippen LogP) is 0.473. The molecule has 1 unspecified atom stereocenters. The molecule has 1 atom stereocenters. The Balaban J connectivity index is 2.67. The number of hydrogen-bond acceptors (Lipinski definition) is 3. The third-order valence-electron chi connectivity index (χ3n) is 1.80. The van der Waals surface area contributed by atoms with E-state index < -0.39 is 0 Å². The molecule has 0 aliphatic rings. The van der Waals surface area contributed by atoms with Crippen molar-refractivity contribution in [3.8, 4) is 0 Å². The monoisotopic (exact) mass is 179 g/mol. The van der Waals surface area contributed by atoms with Crippen LogP contribution in [0.2, 0.25) is 0 Å². The lowest BCUT2D eigenvalue weighted by atomic mass is 10.1. The van der Waals surface area contributed by atoms with Gasteiger partial charge in [-0.15, -0.1) is 0 Å². The van der Waals surface area contributed by atoms with Crippen LogP contribution in [0.15, 0.2) is 18.2 Å². The van der Waals surface area contributed by atoms with E-state index in [9.17, 15) is 0 Å². The normalized spacial score (nSPS) is 12.8. The van der Waals surface area contributed by atoms with E-state index in [4.69, 9.17) is 11.5 Å². The van der Waals surface area contributed by atoms with E-state index in [0.29, 0.717) is 6.54 Å². The first-order valence-corrected chi connectivity index (χ1v) is 4.63. The molecule has 0 amide bonds. The van der Waals surface area contributed by atoms with E-state index >= 15 is 0 Å². The van der Waals surface area contributed by atoms with Crippen LogP contribution in [-0.2, 0) is 12.8 Å². The van der Waals surface area contributed by atoms with Crippen LogP contribution in [0.1, 0.15) is 18.3 Å². The quantitative estimate of drug-likeness (QED) is 0.706. The molecule has 0 saturated carbocycles. The minimum Gasteiger partial charge on any atom is -0.330 e. The summed E-state index contributed by atoms with van der Waals surface area (Å²) in [6.45, 7) is 2.63. The number of aromatic nitrogens is 1. The van der Waals surface area contributed by atoms with Gasteiger partial charge >= 0.3 is 0 Å². The Morgan fingerprint density at radius 1 is 1.38 bits per heavy atom. The number of rotatable bonds is 4. The number of nitrogens with zero attached hydrogens (tertiary/aromatic N) is 1. The highest BCUT2D eigenvalue weighted by molar-refractivity contribution is 5.12. The smallest absolute Gasteiger partial charge is 0.0422 e. The largest absolute Gasteiger partial charge is 0.330 e. The zero-order chi connectivity index (χ0) is 9.68. The van der Waals surface area contributed by atoms with Crippen molar-refractivity contribution in [1.29, 1.82) is 0 Å². The topological polar surface area (TPSA) is 64.9 Å². The van der Waals surface area contributed by atoms with E-state index in [1.165, 1.54) is 0 Å². The summed E-state index contributed by atoms with van der Waals surface area (Å²) in [6, 6.07) is 6.18. The van der Waals surface area contributed by atoms with E-state index in [0.717, 1.165) is 24.2 Å². The van der Waals surface area contributed by atoms with Crippen molar-refractivity contribution in [1.82, 2.24) is 4.98 Å². The number of hydrogen-bond donors (Lipinski definition) is 2. The molecule has 1 aromatic rings. The standard InChI is InChI=1S/C10H17N3/c1-8(12)7-10-4-2-3-9(13-10)5-6-11/h2-4,8H,5-7,11-12H2,1H3. The summed E-state index contributed by atoms with van der Waals surface area (Å²) in [7, 11) is 0. The van der Waals surface area contributed by atoms with E-state index in [1.54, 1.807) is 0 Å². The first-order chi connectivity index (χ1) is 6.22. The van der Waals surface area contributed by atoms with Crippen LogP contribution in [-0.4, -0.2) is 17.6 Å². The van der Waals surface area contributed by atoms with Gasteiger partial charge < -0.3 is 11.5 Å². The molecule has 72 valence electrons. The molecule has 3 nitrogen and oxygen atoms in total. The van der Waals surface area contributed by atoms with Crippen LogP contribution in [0.3, 0.4) is 0 Å². The van der Waals surface area contributed by atoms with Crippen molar-refractivity contribution in [2.45, 2.75) is 25.8 Å². The molecule has 0 aliphatic carbocycles. The minimum absolute atomic E-state index is 0.167. The summed E-state index contributed by atoms with van der Waals surface area (Å²) >= 11 is 0. The Bertz CT molecular complexity index is 258. The van der Waals surface area contributed by atoms with Crippen molar-refractivity contribution >= 4 is 0 Å². The van der Waals surface area contributed by atoms with E-state index in [-0.39, 0.29) is 6.04 Å². The van der Waals surface area contributed by atoms with Crippen LogP contribution in [0.4, 0.5) is 0 Å². The zero-order valence-electron chi connectivity index (χ0n) is 8.03. The maximum atomic E-state index is 5.68. The molecule has 0 spiro atoms. The molecule has 0 aromatic carbocycles. The molecular formula is C10H17N3. The Labute approximate surface area is 79.2 Å². The van der Waals surface area contributed by atoms with Gasteiger partial charge in [0.05, 0.1) is 0 Å². The fourth-order valence-corrected chi connectivity index (χ4v) is 1.26. The molecule has 0 fully saturated rings. The summed E-state index contributed by atoms with van der Waals surface area (Å²) in [4.78, 5) is 4.44. The average Bonchev–Trinajstić information content (AvgIpc) is 2.04. The van der Waals surface area contributed by atoms with Crippen LogP contribution >= 0.6 is 0 Å². The van der Waals surface area contributed by atoms with Crippen molar-refractivity contribution < 1.29 is 0 Å². The minimum atomic E-state index is 0.167. The third-order valence-corrected chi connectivity index (χ3v) is 1.80. The molecule has 0 bridgehead atoms. The van der Waals surface area contributed by atoms with Gasteiger partial charge in [0.15, 0.2) is 0 Å². The van der Waals surface area contributed by atoms with Gasteiger partial charge in [-0.05, 0) is 25.6 Å². The maximum Gasteiger partial charge on any atom is 0.0422 e. The molecule has 1 rings (SSSR count). The van der Waals surface area contributed by atoms with Gasteiger partial charge in [0.1, 0.15) is 0 Å². The highest BCUT2D eigenvalue weighted by Gasteiger charge is 2.00. The molecule has 3 heteroatoms. The molecular weight excluding hydrogens is 162 g/mol. The third kappa shape index (κ3) is 3.53. The lowest BCUT2D eigenvalue weighted by Crippen LogP contribution is -2.18. The lowest BCUT2D eigenvalue weighted by Gasteiger charge is -2.05. The summed E-state index contributed by atoms with van der Waals surface area (Å²) in [5.74, 6) is 0. The van der Waals surface area contributed by atoms with Crippen molar-refractivity contribution in [2.24, 2.45) is 11.5 Å². The second-order valence-electron chi connectivity index (χ2n) is 3.34. The van der Waals surface area contributed by atoms with Gasteiger partial charge in [-0.2, -0.15) is 0 Å². The average molecular weight is 179 g/mol. The Morgan fingerprint density at radius 2 is 2.08 bits per heavy atom. The SMILES string of the molecule is CC(N)Cc1cccc(CCN)n1. The van der Waals surface area contributed by atoms with Gasteiger partial charge in [0, 0.05) is 30.3 Å². The van der Waals surface area contributed by atoms with Crippen LogP contribution in [0.5, 0.6) is 0 Å². The van der Waals surface area contributed by atoms with Crippen molar-refractivity contribution in [2.75, 3.05) is 6.54 Å². The van der Waals surface area contributed by atoms with Crippen LogP contribution in [0, 0.1) is 0 Å². The Kier molecular flexibility index (Phi) is 3.86. The van der Waals surface area contributed by atoms with Gasteiger partial charge in [0.25, 0.3) is 0 Å². The fourth-order valence-electron chi connectivity index (χ4n) is 1.26. The zero-order valence-corrected chi connectivity index (χ0v) is 8.03. The van der Waals surface area contributed by atoms with Crippen molar-refractivity contribution in [3.05, 3.63) is 29.6 Å². The molecule has 1 heterocycles. The first kappa shape index (κ1) is 10.2. The van der Waals surface area contributed by atoms with Gasteiger partial charge in [-0.25, -0.2) is 0 Å². The molecule has 0 aliphatic heterocycles. The summed E-state index contributed by atoms with van der Waals surface area (Å²) in [6.07, 6.45) is 1.67. The second-order valence-corrected chi connectivity index (χ2v) is 3.34. The van der Waals surface area contributed by atoms with Crippen molar-refractivity contribution in [3.63, 3.8) is 0 Å². The molecule has 1 aromatic heterocycles. The second kappa shape index (κ2) is 4.94. The number of pyridine rings is 1. The molecule has 0 radical (unpaired) electrons. The maximum absolute atomic E-state index is 5.68. The number of nitrogens with two attached hydrogens (primary N) is 2. The highest BCUT2D eigenvalue weighted by Crippen LogP contribution is 2.02. The fraction of sp³-hybridized carbons (Fsp3) is 0.500. The highest BCUT2D eigenvalue weighted by atomic mass is 14.7. The van der Waals surface area contributed by atoms with Crippen LogP contribution < -0.4 is 11.5 Å². The van der Waals surface area contributed by atoms with Gasteiger partial charge in [-0.3, -0.25) is 4.98 Å². The predicted molar refractivity (Wildman–Crippen MR) is 54.3 cm³/mol. The van der Waals surface area contributed by atoms with Gasteiger partial charge in [-0.1, -0.05) is 6.07 Å². The first-order valence-electron chi connectivity index (χ1n) is 4.63. The van der Waals surface area contributed by atoms with Gasteiger partial charge in [0.2, 0.25) is 0 Å². The van der Waals surface area contributed by atoms with E-state index in [1.807, 2.05) is 25.1 Å². The Hall–Kier alpha value is -0.930.